The summed E-state index contributed by atoms with van der Waals surface area (Å²) >= 11 is 0. The number of hydrogen-bond acceptors (Lipinski definition) is 5. The van der Waals surface area contributed by atoms with Crippen LogP contribution >= 0.6 is 0 Å². The number of hydrogen-bond donors (Lipinski definition) is 1. The van der Waals surface area contributed by atoms with Gasteiger partial charge in [-0.05, 0) is 12.1 Å². The van der Waals surface area contributed by atoms with Crippen molar-refractivity contribution in [1.82, 2.24) is 9.80 Å². The lowest BCUT2D eigenvalue weighted by Gasteiger charge is -2.34. The van der Waals surface area contributed by atoms with Gasteiger partial charge in [0, 0.05) is 50.1 Å². The van der Waals surface area contributed by atoms with Crippen LogP contribution < -0.4 is 14.8 Å². The highest BCUT2D eigenvalue weighted by Gasteiger charge is 2.36. The van der Waals surface area contributed by atoms with E-state index in [0.29, 0.717) is 30.3 Å². The average Bonchev–Trinajstić information content (AvgIpc) is 2.78. The van der Waals surface area contributed by atoms with Gasteiger partial charge in [-0.2, -0.15) is 13.2 Å². The number of amides is 2. The highest BCUT2D eigenvalue weighted by atomic mass is 19.4. The zero-order valence-electron chi connectivity index (χ0n) is 17.7. The third kappa shape index (κ3) is 5.70. The fourth-order valence-electron chi connectivity index (χ4n) is 3.48. The van der Waals surface area contributed by atoms with E-state index < -0.39 is 17.6 Å². The summed E-state index contributed by atoms with van der Waals surface area (Å²) in [6, 6.07) is 9.77. The van der Waals surface area contributed by atoms with Gasteiger partial charge in [-0.3, -0.25) is 14.5 Å². The van der Waals surface area contributed by atoms with E-state index in [0.717, 1.165) is 6.07 Å². The number of nitrogens with one attached hydrogen (secondary N) is 1. The predicted molar refractivity (Wildman–Crippen MR) is 112 cm³/mol. The number of ether oxygens (including phenoxy) is 2. The summed E-state index contributed by atoms with van der Waals surface area (Å²) in [7, 11) is 3.02. The maximum atomic E-state index is 13.2. The fraction of sp³-hybridized carbons (Fsp3) is 0.364. The molecule has 1 saturated heterocycles. The normalized spacial score (nSPS) is 14.7. The number of piperazine rings is 1. The molecule has 1 aliphatic heterocycles. The number of anilines is 1. The van der Waals surface area contributed by atoms with Gasteiger partial charge in [-0.25, -0.2) is 0 Å². The van der Waals surface area contributed by atoms with Gasteiger partial charge in [-0.15, -0.1) is 0 Å². The quantitative estimate of drug-likeness (QED) is 0.731. The first kappa shape index (κ1) is 23.4. The van der Waals surface area contributed by atoms with Gasteiger partial charge < -0.3 is 19.7 Å². The Morgan fingerprint density at radius 3 is 2.12 bits per heavy atom. The van der Waals surface area contributed by atoms with E-state index in [9.17, 15) is 22.8 Å². The number of methoxy groups -OCH3 is 2. The number of carbonyl (C=O) groups excluding carboxylic acids is 2. The Balaban J connectivity index is 1.56. The van der Waals surface area contributed by atoms with Crippen LogP contribution in [0.3, 0.4) is 0 Å². The highest BCUT2D eigenvalue weighted by molar-refractivity contribution is 5.96. The molecule has 172 valence electrons. The summed E-state index contributed by atoms with van der Waals surface area (Å²) in [6.45, 7) is 1.28. The molecule has 0 saturated carbocycles. The number of halogens is 3. The molecule has 1 N–H and O–H groups in total. The highest BCUT2D eigenvalue weighted by Crippen LogP contribution is 2.32. The van der Waals surface area contributed by atoms with Crippen LogP contribution in [0.5, 0.6) is 11.5 Å². The van der Waals surface area contributed by atoms with E-state index in [1.807, 2.05) is 4.90 Å². The average molecular weight is 451 g/mol. The molecule has 10 heteroatoms. The van der Waals surface area contributed by atoms with E-state index in [2.05, 4.69) is 5.32 Å². The van der Waals surface area contributed by atoms with Gasteiger partial charge in [0.25, 0.3) is 5.91 Å². The van der Waals surface area contributed by atoms with Gasteiger partial charge in [-0.1, -0.05) is 12.1 Å². The van der Waals surface area contributed by atoms with E-state index in [4.69, 9.17) is 9.47 Å². The van der Waals surface area contributed by atoms with Crippen LogP contribution in [-0.4, -0.2) is 68.6 Å². The van der Waals surface area contributed by atoms with Gasteiger partial charge in [0.05, 0.1) is 31.9 Å². The lowest BCUT2D eigenvalue weighted by Crippen LogP contribution is -2.50. The first-order chi connectivity index (χ1) is 15.2. The van der Waals surface area contributed by atoms with Crippen LogP contribution in [0.2, 0.25) is 0 Å². The van der Waals surface area contributed by atoms with E-state index in [1.165, 1.54) is 37.3 Å². The Morgan fingerprint density at radius 2 is 1.56 bits per heavy atom. The predicted octanol–water partition coefficient (Wildman–Crippen LogP) is 3.12. The Labute approximate surface area is 183 Å². The number of carbonyl (C=O) groups is 2. The molecule has 0 radical (unpaired) electrons. The van der Waals surface area contributed by atoms with Crippen molar-refractivity contribution in [2.45, 2.75) is 6.18 Å². The molecule has 2 aromatic rings. The number of nitrogens with zero attached hydrogens (tertiary/aromatic N) is 2. The third-order valence-corrected chi connectivity index (χ3v) is 5.12. The van der Waals surface area contributed by atoms with Gasteiger partial charge >= 0.3 is 6.18 Å². The Bertz CT molecular complexity index is 951. The second kappa shape index (κ2) is 9.90. The smallest absolute Gasteiger partial charge is 0.417 e. The van der Waals surface area contributed by atoms with Crippen molar-refractivity contribution < 1.29 is 32.2 Å². The Hall–Kier alpha value is -3.27. The first-order valence-corrected chi connectivity index (χ1v) is 9.92. The molecule has 7 nitrogen and oxygen atoms in total. The zero-order valence-corrected chi connectivity index (χ0v) is 17.7. The first-order valence-electron chi connectivity index (χ1n) is 9.92. The summed E-state index contributed by atoms with van der Waals surface area (Å²) in [6.07, 6.45) is -4.60. The van der Waals surface area contributed by atoms with E-state index >= 15 is 0 Å². The van der Waals surface area contributed by atoms with Crippen molar-refractivity contribution in [1.29, 1.82) is 0 Å². The molecule has 1 aliphatic rings. The van der Waals surface area contributed by atoms with Crippen LogP contribution in [0.15, 0.2) is 42.5 Å². The molecule has 0 spiro atoms. The number of benzene rings is 2. The lowest BCUT2D eigenvalue weighted by molar-refractivity contribution is -0.138. The van der Waals surface area contributed by atoms with Crippen LogP contribution in [0.25, 0.3) is 0 Å². The van der Waals surface area contributed by atoms with Gasteiger partial charge in [0.15, 0.2) is 0 Å². The third-order valence-electron chi connectivity index (χ3n) is 5.12. The zero-order chi connectivity index (χ0) is 23.3. The molecule has 0 aliphatic carbocycles. The summed E-state index contributed by atoms with van der Waals surface area (Å²) in [4.78, 5) is 28.3. The van der Waals surface area contributed by atoms with Crippen LogP contribution in [-0.2, 0) is 11.0 Å². The fourth-order valence-corrected chi connectivity index (χ4v) is 3.48. The SMILES string of the molecule is COc1cc(NC(=O)CN2CCN(C(=O)c3ccccc3C(F)(F)F)CC2)cc(OC)c1. The molecule has 2 aromatic carbocycles. The van der Waals surface area contributed by atoms with Crippen molar-refractivity contribution in [3.8, 4) is 11.5 Å². The van der Waals surface area contributed by atoms with Crippen LogP contribution in [0.1, 0.15) is 15.9 Å². The number of rotatable bonds is 6. The molecule has 3 rings (SSSR count). The van der Waals surface area contributed by atoms with Crippen molar-refractivity contribution in [3.05, 3.63) is 53.6 Å². The molecular weight excluding hydrogens is 427 g/mol. The minimum Gasteiger partial charge on any atom is -0.497 e. The monoisotopic (exact) mass is 451 g/mol. The van der Waals surface area contributed by atoms with Gasteiger partial charge in [0.2, 0.25) is 5.91 Å². The van der Waals surface area contributed by atoms with Crippen LogP contribution in [0, 0.1) is 0 Å². The van der Waals surface area contributed by atoms with Crippen molar-refractivity contribution >= 4 is 17.5 Å². The summed E-state index contributed by atoms with van der Waals surface area (Å²) < 4.78 is 50.0. The minimum absolute atomic E-state index is 0.0840. The maximum Gasteiger partial charge on any atom is 0.417 e. The largest absolute Gasteiger partial charge is 0.497 e. The number of alkyl halides is 3. The molecule has 0 unspecified atom stereocenters. The Kier molecular flexibility index (Phi) is 7.24. The molecule has 0 atom stereocenters. The standard InChI is InChI=1S/C22H24F3N3O4/c1-31-16-11-15(12-17(13-16)32-2)26-20(29)14-27-7-9-28(10-8-27)21(30)18-5-3-4-6-19(18)22(23,24)25/h3-6,11-13H,7-10,14H2,1-2H3,(H,26,29). The minimum atomic E-state index is -4.60. The summed E-state index contributed by atoms with van der Waals surface area (Å²) in [5.41, 5.74) is -0.789. The topological polar surface area (TPSA) is 71.1 Å². The molecule has 0 aromatic heterocycles. The van der Waals surface area contributed by atoms with Crippen LogP contribution in [0.4, 0.5) is 18.9 Å². The van der Waals surface area contributed by atoms with Crippen molar-refractivity contribution in [3.63, 3.8) is 0 Å². The van der Waals surface area contributed by atoms with Crippen molar-refractivity contribution in [2.24, 2.45) is 0 Å². The second-order valence-electron chi connectivity index (χ2n) is 7.26. The van der Waals surface area contributed by atoms with E-state index in [-0.39, 0.29) is 31.1 Å². The summed E-state index contributed by atoms with van der Waals surface area (Å²) in [5, 5.41) is 2.78. The molecule has 1 fully saturated rings. The second-order valence-corrected chi connectivity index (χ2v) is 7.26. The molecule has 0 bridgehead atoms. The van der Waals surface area contributed by atoms with Crippen molar-refractivity contribution in [2.75, 3.05) is 52.3 Å². The molecule has 2 amide bonds. The van der Waals surface area contributed by atoms with E-state index in [1.54, 1.807) is 18.2 Å². The lowest BCUT2D eigenvalue weighted by atomic mass is 10.1. The molecule has 1 heterocycles. The summed E-state index contributed by atoms with van der Waals surface area (Å²) in [5.74, 6) is 0.143. The Morgan fingerprint density at radius 1 is 0.969 bits per heavy atom. The molecular formula is C22H24F3N3O4. The van der Waals surface area contributed by atoms with Gasteiger partial charge in [0.1, 0.15) is 11.5 Å². The molecule has 32 heavy (non-hydrogen) atoms. The maximum absolute atomic E-state index is 13.2.